The number of alkyl carbamates (subject to hydrolysis) is 1. The molecule has 1 saturated heterocycles. The van der Waals surface area contributed by atoms with Gasteiger partial charge >= 0.3 is 6.09 Å². The summed E-state index contributed by atoms with van der Waals surface area (Å²) in [6.07, 6.45) is 1.44. The molecule has 2 aromatic rings. The second-order valence-corrected chi connectivity index (χ2v) is 7.69. The average Bonchev–Trinajstić information content (AvgIpc) is 2.66. The van der Waals surface area contributed by atoms with Crippen LogP contribution in [0.15, 0.2) is 48.7 Å². The lowest BCUT2D eigenvalue weighted by Crippen LogP contribution is -2.46. The number of benzene rings is 1. The molecule has 27 heavy (non-hydrogen) atoms. The van der Waals surface area contributed by atoms with Gasteiger partial charge in [-0.1, -0.05) is 18.2 Å². The molecular formula is C21H28N4O2. The fourth-order valence-corrected chi connectivity index (χ4v) is 3.09. The van der Waals surface area contributed by atoms with E-state index in [2.05, 4.69) is 38.3 Å². The summed E-state index contributed by atoms with van der Waals surface area (Å²) in [5.41, 5.74) is 1.75. The molecule has 1 aliphatic rings. The number of pyridine rings is 1. The van der Waals surface area contributed by atoms with Gasteiger partial charge in [0.25, 0.3) is 0 Å². The number of piperazine rings is 1. The Morgan fingerprint density at radius 2 is 1.81 bits per heavy atom. The smallest absolute Gasteiger partial charge is 0.407 e. The van der Waals surface area contributed by atoms with Crippen LogP contribution in [0.5, 0.6) is 0 Å². The number of aromatic nitrogens is 1. The minimum atomic E-state index is -0.487. The van der Waals surface area contributed by atoms with Crippen molar-refractivity contribution < 1.29 is 9.53 Å². The van der Waals surface area contributed by atoms with Crippen LogP contribution in [-0.4, -0.2) is 42.9 Å². The van der Waals surface area contributed by atoms with E-state index in [1.54, 1.807) is 0 Å². The predicted molar refractivity (Wildman–Crippen MR) is 108 cm³/mol. The van der Waals surface area contributed by atoms with E-state index < -0.39 is 11.7 Å². The first-order valence-electron chi connectivity index (χ1n) is 9.37. The van der Waals surface area contributed by atoms with E-state index >= 15 is 0 Å². The monoisotopic (exact) mass is 368 g/mol. The molecule has 6 heteroatoms. The molecule has 1 aliphatic heterocycles. The van der Waals surface area contributed by atoms with Gasteiger partial charge in [-0.25, -0.2) is 9.78 Å². The van der Waals surface area contributed by atoms with Crippen molar-refractivity contribution in [2.75, 3.05) is 36.0 Å². The number of ether oxygens (including phenoxy) is 1. The summed E-state index contributed by atoms with van der Waals surface area (Å²) in [6.45, 7) is 9.80. The van der Waals surface area contributed by atoms with Crippen molar-refractivity contribution in [3.05, 3.63) is 54.2 Å². The summed E-state index contributed by atoms with van der Waals surface area (Å²) in [5, 5.41) is 2.82. The summed E-state index contributed by atoms with van der Waals surface area (Å²) < 4.78 is 5.29. The molecule has 0 saturated carbocycles. The van der Waals surface area contributed by atoms with E-state index in [0.717, 1.165) is 37.6 Å². The maximum atomic E-state index is 11.8. The Kier molecular flexibility index (Phi) is 5.84. The van der Waals surface area contributed by atoms with Gasteiger partial charge in [-0.05, 0) is 50.6 Å². The summed E-state index contributed by atoms with van der Waals surface area (Å²) in [4.78, 5) is 21.0. The molecule has 0 bridgehead atoms. The standard InChI is InChI=1S/C21H28N4O2/c1-21(2,3)27-20(26)23-16-17-7-6-8-18(15-17)24-11-13-25(14-12-24)19-9-4-5-10-22-19/h4-10,15H,11-14,16H2,1-3H3,(H,23,26). The molecule has 0 aliphatic carbocycles. The number of hydrogen-bond acceptors (Lipinski definition) is 5. The summed E-state index contributed by atoms with van der Waals surface area (Å²) >= 11 is 0. The van der Waals surface area contributed by atoms with Gasteiger partial charge in [-0.15, -0.1) is 0 Å². The minimum Gasteiger partial charge on any atom is -0.444 e. The molecule has 0 unspecified atom stereocenters. The lowest BCUT2D eigenvalue weighted by molar-refractivity contribution is 0.0523. The molecule has 0 radical (unpaired) electrons. The highest BCUT2D eigenvalue weighted by molar-refractivity contribution is 5.67. The zero-order chi connectivity index (χ0) is 19.3. The van der Waals surface area contributed by atoms with Gasteiger partial charge in [0.1, 0.15) is 11.4 Å². The molecule has 1 aromatic heterocycles. The number of rotatable bonds is 4. The van der Waals surface area contributed by atoms with Crippen LogP contribution >= 0.6 is 0 Å². The highest BCUT2D eigenvalue weighted by Gasteiger charge is 2.19. The second-order valence-electron chi connectivity index (χ2n) is 7.69. The number of amides is 1. The van der Waals surface area contributed by atoms with Crippen LogP contribution in [0.25, 0.3) is 0 Å². The first kappa shape index (κ1) is 19.0. The van der Waals surface area contributed by atoms with Gasteiger partial charge in [0.05, 0.1) is 0 Å². The van der Waals surface area contributed by atoms with Crippen LogP contribution in [0.3, 0.4) is 0 Å². The van der Waals surface area contributed by atoms with Crippen LogP contribution in [0, 0.1) is 0 Å². The Labute approximate surface area is 161 Å². The Hall–Kier alpha value is -2.76. The molecule has 6 nitrogen and oxygen atoms in total. The minimum absolute atomic E-state index is 0.392. The molecular weight excluding hydrogens is 340 g/mol. The van der Waals surface area contributed by atoms with E-state index in [-0.39, 0.29) is 0 Å². The predicted octanol–water partition coefficient (Wildman–Crippen LogP) is 3.43. The van der Waals surface area contributed by atoms with Crippen LogP contribution in [0.4, 0.5) is 16.3 Å². The average molecular weight is 368 g/mol. The van der Waals surface area contributed by atoms with Crippen molar-refractivity contribution in [3.63, 3.8) is 0 Å². The zero-order valence-corrected chi connectivity index (χ0v) is 16.3. The van der Waals surface area contributed by atoms with Crippen molar-refractivity contribution in [2.24, 2.45) is 0 Å². The largest absolute Gasteiger partial charge is 0.444 e. The van der Waals surface area contributed by atoms with Gasteiger partial charge in [-0.2, -0.15) is 0 Å². The number of carbonyl (C=O) groups excluding carboxylic acids is 1. The van der Waals surface area contributed by atoms with Gasteiger partial charge in [-0.3, -0.25) is 0 Å². The Morgan fingerprint density at radius 3 is 2.48 bits per heavy atom. The molecule has 1 fully saturated rings. The summed E-state index contributed by atoms with van der Waals surface area (Å²) in [5.74, 6) is 1.03. The zero-order valence-electron chi connectivity index (χ0n) is 16.3. The van der Waals surface area contributed by atoms with E-state index in [1.807, 2.05) is 51.2 Å². The SMILES string of the molecule is CC(C)(C)OC(=O)NCc1cccc(N2CCN(c3ccccn3)CC2)c1. The highest BCUT2D eigenvalue weighted by atomic mass is 16.6. The third-order valence-corrected chi connectivity index (χ3v) is 4.36. The van der Waals surface area contributed by atoms with Gasteiger partial charge in [0.15, 0.2) is 0 Å². The lowest BCUT2D eigenvalue weighted by Gasteiger charge is -2.36. The molecule has 1 N–H and O–H groups in total. The summed E-state index contributed by atoms with van der Waals surface area (Å²) in [6, 6.07) is 14.3. The third-order valence-electron chi connectivity index (χ3n) is 4.36. The normalized spacial score (nSPS) is 14.8. The fraction of sp³-hybridized carbons (Fsp3) is 0.429. The third kappa shape index (κ3) is 5.61. The Morgan fingerprint density at radius 1 is 1.07 bits per heavy atom. The maximum Gasteiger partial charge on any atom is 0.407 e. The van der Waals surface area contributed by atoms with Crippen LogP contribution in [0.2, 0.25) is 0 Å². The number of hydrogen-bond donors (Lipinski definition) is 1. The van der Waals surface area contributed by atoms with Crippen LogP contribution in [0.1, 0.15) is 26.3 Å². The molecule has 0 spiro atoms. The van der Waals surface area contributed by atoms with Crippen LogP contribution in [-0.2, 0) is 11.3 Å². The number of anilines is 2. The Balaban J connectivity index is 1.54. The first-order valence-corrected chi connectivity index (χ1v) is 9.37. The molecule has 1 aromatic carbocycles. The van der Waals surface area contributed by atoms with E-state index in [9.17, 15) is 4.79 Å². The maximum absolute atomic E-state index is 11.8. The van der Waals surface area contributed by atoms with Gasteiger partial charge in [0.2, 0.25) is 0 Å². The van der Waals surface area contributed by atoms with Crippen molar-refractivity contribution >= 4 is 17.6 Å². The van der Waals surface area contributed by atoms with Crippen molar-refractivity contribution in [1.29, 1.82) is 0 Å². The highest BCUT2D eigenvalue weighted by Crippen LogP contribution is 2.20. The van der Waals surface area contributed by atoms with Gasteiger partial charge < -0.3 is 19.9 Å². The second kappa shape index (κ2) is 8.29. The fourth-order valence-electron chi connectivity index (χ4n) is 3.09. The molecule has 0 atom stereocenters. The van der Waals surface area contributed by atoms with E-state index in [0.29, 0.717) is 6.54 Å². The first-order chi connectivity index (χ1) is 12.9. The lowest BCUT2D eigenvalue weighted by atomic mass is 10.1. The van der Waals surface area contributed by atoms with Crippen LogP contribution < -0.4 is 15.1 Å². The molecule has 3 rings (SSSR count). The Bertz CT molecular complexity index is 750. The number of nitrogens with zero attached hydrogens (tertiary/aromatic N) is 3. The van der Waals surface area contributed by atoms with Gasteiger partial charge in [0, 0.05) is 44.6 Å². The van der Waals surface area contributed by atoms with E-state index in [1.165, 1.54) is 5.69 Å². The quantitative estimate of drug-likeness (QED) is 0.896. The van der Waals surface area contributed by atoms with Crippen molar-refractivity contribution in [2.45, 2.75) is 32.9 Å². The van der Waals surface area contributed by atoms with E-state index in [4.69, 9.17) is 4.74 Å². The van der Waals surface area contributed by atoms with Crippen molar-refractivity contribution in [1.82, 2.24) is 10.3 Å². The number of nitrogens with one attached hydrogen (secondary N) is 1. The number of carbonyl (C=O) groups is 1. The molecule has 144 valence electrons. The molecule has 1 amide bonds. The van der Waals surface area contributed by atoms with Crippen molar-refractivity contribution in [3.8, 4) is 0 Å². The topological polar surface area (TPSA) is 57.7 Å². The molecule has 2 heterocycles. The summed E-state index contributed by atoms with van der Waals surface area (Å²) in [7, 11) is 0.